The second kappa shape index (κ2) is 9.98. The second-order valence-electron chi connectivity index (χ2n) is 6.72. The van der Waals surface area contributed by atoms with E-state index in [1.165, 1.54) is 7.11 Å². The van der Waals surface area contributed by atoms with Gasteiger partial charge < -0.3 is 18.6 Å². The molecule has 1 aromatic heterocycles. The van der Waals surface area contributed by atoms with Crippen molar-refractivity contribution in [1.29, 1.82) is 0 Å². The highest BCUT2D eigenvalue weighted by molar-refractivity contribution is 6.30. The molecule has 1 heterocycles. The molecule has 0 aliphatic rings. The van der Waals surface area contributed by atoms with E-state index in [1.54, 1.807) is 42.5 Å². The van der Waals surface area contributed by atoms with E-state index in [1.807, 2.05) is 30.3 Å². The maximum Gasteiger partial charge on any atom is 0.338 e. The molecule has 4 aromatic rings. The summed E-state index contributed by atoms with van der Waals surface area (Å²) in [6, 6.07) is 21.6. The summed E-state index contributed by atoms with van der Waals surface area (Å²) in [7, 11) is 1.51. The highest BCUT2D eigenvalue weighted by Gasteiger charge is 2.15. The Labute approximate surface area is 189 Å². The molecule has 0 spiro atoms. The van der Waals surface area contributed by atoms with Gasteiger partial charge in [-0.15, -0.1) is 10.2 Å². The van der Waals surface area contributed by atoms with Crippen LogP contribution in [0.5, 0.6) is 11.5 Å². The molecule has 7 nitrogen and oxygen atoms in total. The highest BCUT2D eigenvalue weighted by atomic mass is 35.5. The van der Waals surface area contributed by atoms with Crippen LogP contribution in [-0.2, 0) is 18.0 Å². The first-order chi connectivity index (χ1) is 15.6. The van der Waals surface area contributed by atoms with Gasteiger partial charge in [0.2, 0.25) is 5.89 Å². The minimum absolute atomic E-state index is 0.159. The number of benzene rings is 3. The van der Waals surface area contributed by atoms with E-state index in [4.69, 9.17) is 30.2 Å². The predicted octanol–water partition coefficient (Wildman–Crippen LogP) is 5.33. The normalized spacial score (nSPS) is 10.6. The van der Waals surface area contributed by atoms with Crippen molar-refractivity contribution in [1.82, 2.24) is 10.2 Å². The van der Waals surface area contributed by atoms with Crippen molar-refractivity contribution >= 4 is 17.6 Å². The predicted molar refractivity (Wildman–Crippen MR) is 118 cm³/mol. The summed E-state index contributed by atoms with van der Waals surface area (Å²) in [6.45, 7) is 0.224. The highest BCUT2D eigenvalue weighted by Crippen LogP contribution is 2.29. The fraction of sp³-hybridized carbons (Fsp3) is 0.125. The first kappa shape index (κ1) is 21.4. The third kappa shape index (κ3) is 5.25. The number of rotatable bonds is 8. The SMILES string of the molecule is COc1cc(C(=O)OCc2nnc(-c3ccc(Cl)cc3)o2)ccc1OCc1ccccc1. The van der Waals surface area contributed by atoms with E-state index in [0.29, 0.717) is 34.6 Å². The van der Waals surface area contributed by atoms with Crippen LogP contribution in [0.4, 0.5) is 0 Å². The lowest BCUT2D eigenvalue weighted by Crippen LogP contribution is -2.06. The average Bonchev–Trinajstić information content (AvgIpc) is 3.31. The number of carbonyl (C=O) groups excluding carboxylic acids is 1. The fourth-order valence-electron chi connectivity index (χ4n) is 2.88. The maximum absolute atomic E-state index is 12.5. The molecular formula is C24H19ClN2O5. The molecular weight excluding hydrogens is 432 g/mol. The van der Waals surface area contributed by atoms with Crippen LogP contribution in [0.1, 0.15) is 21.8 Å². The first-order valence-corrected chi connectivity index (χ1v) is 10.1. The minimum Gasteiger partial charge on any atom is -0.493 e. The van der Waals surface area contributed by atoms with Gasteiger partial charge in [0.1, 0.15) is 6.61 Å². The Morgan fingerprint density at radius 2 is 1.72 bits per heavy atom. The number of halogens is 1. The molecule has 0 N–H and O–H groups in total. The molecule has 162 valence electrons. The van der Waals surface area contributed by atoms with Crippen LogP contribution in [0.25, 0.3) is 11.5 Å². The van der Waals surface area contributed by atoms with Gasteiger partial charge in [0.15, 0.2) is 18.1 Å². The van der Waals surface area contributed by atoms with Crippen molar-refractivity contribution < 1.29 is 23.4 Å². The van der Waals surface area contributed by atoms with Gasteiger partial charge in [0, 0.05) is 10.6 Å². The van der Waals surface area contributed by atoms with Crippen LogP contribution in [-0.4, -0.2) is 23.3 Å². The Balaban J connectivity index is 1.37. The van der Waals surface area contributed by atoms with E-state index >= 15 is 0 Å². The second-order valence-corrected chi connectivity index (χ2v) is 7.16. The van der Waals surface area contributed by atoms with Gasteiger partial charge in [-0.1, -0.05) is 41.9 Å². The lowest BCUT2D eigenvalue weighted by molar-refractivity contribution is 0.0438. The number of ether oxygens (including phenoxy) is 3. The lowest BCUT2D eigenvalue weighted by Gasteiger charge is -2.12. The molecule has 0 bridgehead atoms. The quantitative estimate of drug-likeness (QED) is 0.335. The molecule has 0 unspecified atom stereocenters. The molecule has 0 radical (unpaired) electrons. The zero-order valence-electron chi connectivity index (χ0n) is 17.2. The van der Waals surface area contributed by atoms with Crippen LogP contribution in [0, 0.1) is 0 Å². The molecule has 3 aromatic carbocycles. The monoisotopic (exact) mass is 450 g/mol. The summed E-state index contributed by atoms with van der Waals surface area (Å²) in [5.41, 5.74) is 2.05. The van der Waals surface area contributed by atoms with Crippen molar-refractivity contribution in [3.63, 3.8) is 0 Å². The summed E-state index contributed by atoms with van der Waals surface area (Å²) in [5, 5.41) is 8.48. The Bertz CT molecular complexity index is 1190. The number of methoxy groups -OCH3 is 1. The average molecular weight is 451 g/mol. The largest absolute Gasteiger partial charge is 0.493 e. The molecule has 0 fully saturated rings. The molecule has 0 saturated heterocycles. The van der Waals surface area contributed by atoms with Crippen molar-refractivity contribution in [2.75, 3.05) is 7.11 Å². The molecule has 8 heteroatoms. The summed E-state index contributed by atoms with van der Waals surface area (Å²) >= 11 is 5.88. The smallest absolute Gasteiger partial charge is 0.338 e. The van der Waals surface area contributed by atoms with Crippen LogP contribution >= 0.6 is 11.6 Å². The topological polar surface area (TPSA) is 83.7 Å². The van der Waals surface area contributed by atoms with Gasteiger partial charge >= 0.3 is 5.97 Å². The van der Waals surface area contributed by atoms with Gasteiger partial charge in [-0.2, -0.15) is 0 Å². The van der Waals surface area contributed by atoms with Crippen LogP contribution < -0.4 is 9.47 Å². The summed E-state index contributed by atoms with van der Waals surface area (Å²) in [6.07, 6.45) is 0. The Hall–Kier alpha value is -3.84. The number of esters is 1. The summed E-state index contributed by atoms with van der Waals surface area (Å²) in [5.74, 6) is 0.896. The van der Waals surface area contributed by atoms with Crippen LogP contribution in [0.15, 0.2) is 77.2 Å². The van der Waals surface area contributed by atoms with Crippen molar-refractivity contribution in [2.45, 2.75) is 13.2 Å². The molecule has 0 saturated carbocycles. The zero-order valence-corrected chi connectivity index (χ0v) is 17.9. The lowest BCUT2D eigenvalue weighted by atomic mass is 10.2. The standard InChI is InChI=1S/C24H19ClN2O5/c1-29-21-13-18(9-12-20(21)30-14-16-5-3-2-4-6-16)24(28)31-15-22-26-27-23(32-22)17-7-10-19(25)11-8-17/h2-13H,14-15H2,1H3. The molecule has 4 rings (SSSR count). The number of hydrogen-bond donors (Lipinski definition) is 0. The minimum atomic E-state index is -0.552. The Morgan fingerprint density at radius 3 is 2.47 bits per heavy atom. The maximum atomic E-state index is 12.5. The summed E-state index contributed by atoms with van der Waals surface area (Å²) in [4.78, 5) is 12.5. The van der Waals surface area contributed by atoms with Gasteiger partial charge in [0.05, 0.1) is 12.7 Å². The third-order valence-electron chi connectivity index (χ3n) is 4.52. The van der Waals surface area contributed by atoms with Crippen molar-refractivity contribution in [3.05, 3.63) is 94.8 Å². The molecule has 0 amide bonds. The van der Waals surface area contributed by atoms with Crippen LogP contribution in [0.2, 0.25) is 5.02 Å². The Morgan fingerprint density at radius 1 is 0.938 bits per heavy atom. The fourth-order valence-corrected chi connectivity index (χ4v) is 3.01. The molecule has 32 heavy (non-hydrogen) atoms. The van der Waals surface area contributed by atoms with Gasteiger partial charge in [0.25, 0.3) is 5.89 Å². The zero-order chi connectivity index (χ0) is 22.3. The number of aromatic nitrogens is 2. The van der Waals surface area contributed by atoms with E-state index in [-0.39, 0.29) is 12.5 Å². The molecule has 0 atom stereocenters. The van der Waals surface area contributed by atoms with E-state index in [9.17, 15) is 4.79 Å². The number of nitrogens with zero attached hydrogens (tertiary/aromatic N) is 2. The van der Waals surface area contributed by atoms with Crippen molar-refractivity contribution in [3.8, 4) is 23.0 Å². The van der Waals surface area contributed by atoms with Gasteiger partial charge in [-0.05, 0) is 48.0 Å². The molecule has 0 aliphatic carbocycles. The van der Waals surface area contributed by atoms with E-state index in [2.05, 4.69) is 10.2 Å². The number of carbonyl (C=O) groups is 1. The first-order valence-electron chi connectivity index (χ1n) is 9.72. The summed E-state index contributed by atoms with van der Waals surface area (Å²) < 4.78 is 22.0. The van der Waals surface area contributed by atoms with Gasteiger partial charge in [-0.25, -0.2) is 4.79 Å². The molecule has 0 aliphatic heterocycles. The Kier molecular flexibility index (Phi) is 6.67. The van der Waals surface area contributed by atoms with Crippen LogP contribution in [0.3, 0.4) is 0 Å². The van der Waals surface area contributed by atoms with E-state index in [0.717, 1.165) is 11.1 Å². The number of hydrogen-bond acceptors (Lipinski definition) is 7. The third-order valence-corrected chi connectivity index (χ3v) is 4.77. The van der Waals surface area contributed by atoms with Crippen molar-refractivity contribution in [2.24, 2.45) is 0 Å². The van der Waals surface area contributed by atoms with Gasteiger partial charge in [-0.3, -0.25) is 0 Å². The van der Waals surface area contributed by atoms with E-state index < -0.39 is 5.97 Å².